The van der Waals surface area contributed by atoms with Crippen LogP contribution in [0.4, 0.5) is 10.1 Å². The van der Waals surface area contributed by atoms with E-state index < -0.39 is 21.8 Å². The Labute approximate surface area is 112 Å². The van der Waals surface area contributed by atoms with Crippen LogP contribution in [-0.2, 0) is 19.6 Å². The lowest BCUT2D eigenvalue weighted by Gasteiger charge is -2.19. The van der Waals surface area contributed by atoms with Gasteiger partial charge in [0.15, 0.2) is 0 Å². The van der Waals surface area contributed by atoms with E-state index in [1.165, 1.54) is 32.4 Å². The van der Waals surface area contributed by atoms with Gasteiger partial charge in [-0.25, -0.2) is 12.8 Å². The molecule has 0 aliphatic rings. The molecule has 0 unspecified atom stereocenters. The van der Waals surface area contributed by atoms with Crippen LogP contribution in [0.15, 0.2) is 24.3 Å². The monoisotopic (exact) mass is 289 g/mol. The maximum Gasteiger partial charge on any atom is 0.305 e. The molecule has 1 rings (SSSR count). The van der Waals surface area contributed by atoms with Crippen LogP contribution in [0.3, 0.4) is 0 Å². The van der Waals surface area contributed by atoms with Crippen LogP contribution < -0.4 is 4.31 Å². The van der Waals surface area contributed by atoms with Gasteiger partial charge in [0.1, 0.15) is 5.82 Å². The molecule has 0 saturated heterocycles. The van der Waals surface area contributed by atoms with Gasteiger partial charge in [-0.15, -0.1) is 0 Å². The van der Waals surface area contributed by atoms with Gasteiger partial charge >= 0.3 is 5.97 Å². The Kier molecular flexibility index (Phi) is 5.29. The Balaban J connectivity index is 2.69. The molecule has 5 nitrogen and oxygen atoms in total. The highest BCUT2D eigenvalue weighted by Crippen LogP contribution is 2.18. The molecule has 7 heteroatoms. The van der Waals surface area contributed by atoms with Crippen LogP contribution in [0.1, 0.15) is 12.8 Å². The van der Waals surface area contributed by atoms with Crippen LogP contribution in [0.25, 0.3) is 0 Å². The quantitative estimate of drug-likeness (QED) is 0.745. The zero-order valence-corrected chi connectivity index (χ0v) is 11.6. The van der Waals surface area contributed by atoms with Gasteiger partial charge in [0.2, 0.25) is 10.0 Å². The van der Waals surface area contributed by atoms with Crippen molar-refractivity contribution in [3.63, 3.8) is 0 Å². The van der Waals surface area contributed by atoms with Gasteiger partial charge in [-0.1, -0.05) is 6.07 Å². The van der Waals surface area contributed by atoms with Crippen molar-refractivity contribution in [3.8, 4) is 0 Å². The molecule has 0 spiro atoms. The average Bonchev–Trinajstić information content (AvgIpc) is 2.37. The summed E-state index contributed by atoms with van der Waals surface area (Å²) in [5.74, 6) is -1.16. The van der Waals surface area contributed by atoms with E-state index >= 15 is 0 Å². The molecule has 19 heavy (non-hydrogen) atoms. The van der Waals surface area contributed by atoms with Crippen molar-refractivity contribution in [1.82, 2.24) is 0 Å². The minimum absolute atomic E-state index is 0.0344. The molecule has 0 N–H and O–H groups in total. The van der Waals surface area contributed by atoms with Crippen molar-refractivity contribution < 1.29 is 22.3 Å². The van der Waals surface area contributed by atoms with Gasteiger partial charge in [0.25, 0.3) is 0 Å². The number of esters is 1. The number of hydrogen-bond acceptors (Lipinski definition) is 4. The Morgan fingerprint density at radius 2 is 2.11 bits per heavy atom. The third-order valence-corrected chi connectivity index (χ3v) is 4.45. The molecule has 1 aromatic rings. The molecule has 0 fully saturated rings. The van der Waals surface area contributed by atoms with Crippen LogP contribution in [0.2, 0.25) is 0 Å². The Hall–Kier alpha value is -1.63. The summed E-state index contributed by atoms with van der Waals surface area (Å²) >= 11 is 0. The average molecular weight is 289 g/mol. The third kappa shape index (κ3) is 4.51. The first-order valence-electron chi connectivity index (χ1n) is 5.66. The molecule has 0 aliphatic heterocycles. The minimum Gasteiger partial charge on any atom is -0.469 e. The van der Waals surface area contributed by atoms with Crippen LogP contribution in [0, 0.1) is 5.82 Å². The fraction of sp³-hybridized carbons (Fsp3) is 0.417. The van der Waals surface area contributed by atoms with E-state index in [1.807, 2.05) is 0 Å². The lowest BCUT2D eigenvalue weighted by molar-refractivity contribution is -0.140. The lowest BCUT2D eigenvalue weighted by atomic mass is 10.3. The summed E-state index contributed by atoms with van der Waals surface area (Å²) in [5, 5.41) is 0. The van der Waals surface area contributed by atoms with Gasteiger partial charge in [-0.2, -0.15) is 0 Å². The van der Waals surface area contributed by atoms with E-state index in [0.29, 0.717) is 0 Å². The van der Waals surface area contributed by atoms with E-state index in [0.717, 1.165) is 10.4 Å². The van der Waals surface area contributed by atoms with E-state index in [1.54, 1.807) is 0 Å². The van der Waals surface area contributed by atoms with E-state index in [4.69, 9.17) is 0 Å². The second-order valence-corrected chi connectivity index (χ2v) is 6.06. The molecule has 0 aliphatic carbocycles. The Morgan fingerprint density at radius 3 is 2.68 bits per heavy atom. The fourth-order valence-corrected chi connectivity index (χ4v) is 2.69. The van der Waals surface area contributed by atoms with Crippen LogP contribution in [0.5, 0.6) is 0 Å². The number of hydrogen-bond donors (Lipinski definition) is 0. The molecule has 0 amide bonds. The predicted molar refractivity (Wildman–Crippen MR) is 69.8 cm³/mol. The second kappa shape index (κ2) is 6.51. The molecular formula is C12H16FNO4S. The van der Waals surface area contributed by atoms with Gasteiger partial charge in [-0.05, 0) is 24.6 Å². The zero-order valence-electron chi connectivity index (χ0n) is 10.8. The van der Waals surface area contributed by atoms with Crippen molar-refractivity contribution in [2.75, 3.05) is 24.2 Å². The van der Waals surface area contributed by atoms with Crippen LogP contribution in [-0.4, -0.2) is 34.3 Å². The maximum absolute atomic E-state index is 13.0. The number of benzene rings is 1. The number of methoxy groups -OCH3 is 1. The SMILES string of the molecule is COC(=O)CCCS(=O)(=O)N(C)c1cccc(F)c1. The summed E-state index contributed by atoms with van der Waals surface area (Å²) in [5.41, 5.74) is 0.248. The third-order valence-electron chi connectivity index (χ3n) is 2.60. The lowest BCUT2D eigenvalue weighted by Crippen LogP contribution is -2.29. The largest absolute Gasteiger partial charge is 0.469 e. The fourth-order valence-electron chi connectivity index (χ4n) is 1.47. The second-order valence-electron chi connectivity index (χ2n) is 3.94. The highest BCUT2D eigenvalue weighted by atomic mass is 32.2. The minimum atomic E-state index is -3.58. The van der Waals surface area contributed by atoms with E-state index in [2.05, 4.69) is 4.74 Å². The maximum atomic E-state index is 13.0. The van der Waals surface area contributed by atoms with Crippen molar-refractivity contribution >= 4 is 21.7 Å². The van der Waals surface area contributed by atoms with Crippen LogP contribution >= 0.6 is 0 Å². The summed E-state index contributed by atoms with van der Waals surface area (Å²) in [6, 6.07) is 5.31. The Morgan fingerprint density at radius 1 is 1.42 bits per heavy atom. The van der Waals surface area contributed by atoms with Gasteiger partial charge in [0, 0.05) is 13.5 Å². The molecule has 0 atom stereocenters. The number of anilines is 1. The number of carbonyl (C=O) groups is 1. The number of rotatable bonds is 6. The highest BCUT2D eigenvalue weighted by molar-refractivity contribution is 7.92. The summed E-state index contributed by atoms with van der Waals surface area (Å²) < 4.78 is 42.4. The topological polar surface area (TPSA) is 63.7 Å². The first kappa shape index (κ1) is 15.4. The standard InChI is InChI=1S/C12H16FNO4S/c1-14(11-6-3-5-10(13)9-11)19(16,17)8-4-7-12(15)18-2/h3,5-6,9H,4,7-8H2,1-2H3. The molecule has 0 heterocycles. The van der Waals surface area contributed by atoms with Gasteiger partial charge in [-0.3, -0.25) is 9.10 Å². The Bertz CT molecular complexity index is 544. The van der Waals surface area contributed by atoms with Crippen molar-refractivity contribution in [3.05, 3.63) is 30.1 Å². The van der Waals surface area contributed by atoms with Crippen molar-refractivity contribution in [2.24, 2.45) is 0 Å². The highest BCUT2D eigenvalue weighted by Gasteiger charge is 2.19. The zero-order chi connectivity index (χ0) is 14.5. The number of sulfonamides is 1. The molecule has 0 bridgehead atoms. The van der Waals surface area contributed by atoms with Crippen molar-refractivity contribution in [2.45, 2.75) is 12.8 Å². The first-order valence-corrected chi connectivity index (χ1v) is 7.26. The molecule has 0 aromatic heterocycles. The van der Waals surface area contributed by atoms with Gasteiger partial charge in [0.05, 0.1) is 18.6 Å². The van der Waals surface area contributed by atoms with Crippen molar-refractivity contribution in [1.29, 1.82) is 0 Å². The summed E-state index contributed by atoms with van der Waals surface area (Å²) in [4.78, 5) is 10.9. The first-order chi connectivity index (χ1) is 8.86. The molecule has 106 valence electrons. The summed E-state index contributed by atoms with van der Waals surface area (Å²) in [6.45, 7) is 0. The summed E-state index contributed by atoms with van der Waals surface area (Å²) in [7, 11) is -0.980. The van der Waals surface area contributed by atoms with E-state index in [-0.39, 0.29) is 24.3 Å². The number of ether oxygens (including phenoxy) is 1. The smallest absolute Gasteiger partial charge is 0.305 e. The molecule has 1 aromatic carbocycles. The number of carbonyl (C=O) groups excluding carboxylic acids is 1. The number of nitrogens with zero attached hydrogens (tertiary/aromatic N) is 1. The number of halogens is 1. The molecule has 0 saturated carbocycles. The molecule has 0 radical (unpaired) electrons. The molecular weight excluding hydrogens is 273 g/mol. The summed E-state index contributed by atoms with van der Waals surface area (Å²) in [6.07, 6.45) is 0.196. The normalized spacial score (nSPS) is 11.1. The van der Waals surface area contributed by atoms with Gasteiger partial charge < -0.3 is 4.74 Å². The predicted octanol–water partition coefficient (Wildman–Crippen LogP) is 1.54. The van der Waals surface area contributed by atoms with E-state index in [9.17, 15) is 17.6 Å².